The van der Waals surface area contributed by atoms with E-state index in [1.807, 2.05) is 24.3 Å². The van der Waals surface area contributed by atoms with Crippen molar-refractivity contribution in [3.8, 4) is 0 Å². The summed E-state index contributed by atoms with van der Waals surface area (Å²) in [5.41, 5.74) is 0. The Morgan fingerprint density at radius 1 is 1.05 bits per heavy atom. The highest BCUT2D eigenvalue weighted by molar-refractivity contribution is 5.66. The first-order valence-corrected chi connectivity index (χ1v) is 7.98. The number of unbranched alkanes of at least 4 members (excludes halogenated alkanes) is 7. The number of ether oxygens (including phenoxy) is 1. The van der Waals surface area contributed by atoms with Gasteiger partial charge in [0.2, 0.25) is 0 Å². The second kappa shape index (κ2) is 9.67. The predicted octanol–water partition coefficient (Wildman–Crippen LogP) is 3.69. The molecule has 0 saturated heterocycles. The van der Waals surface area contributed by atoms with Crippen LogP contribution in [0.5, 0.6) is 0 Å². The minimum atomic E-state index is -0.253. The largest absolute Gasteiger partial charge is 0.423 e. The summed E-state index contributed by atoms with van der Waals surface area (Å²) >= 11 is 0. The van der Waals surface area contributed by atoms with Crippen LogP contribution in [-0.2, 0) is 9.53 Å². The van der Waals surface area contributed by atoms with Crippen molar-refractivity contribution in [1.29, 1.82) is 0 Å². The van der Waals surface area contributed by atoms with Gasteiger partial charge in [-0.3, -0.25) is 4.79 Å². The molecule has 0 amide bonds. The number of carbonyl (C=O) groups is 1. The van der Waals surface area contributed by atoms with E-state index in [0.717, 1.165) is 13.0 Å². The predicted molar refractivity (Wildman–Crippen MR) is 81.8 cm³/mol. The zero-order valence-electron chi connectivity index (χ0n) is 13.3. The molecule has 1 atom stereocenters. The van der Waals surface area contributed by atoms with Gasteiger partial charge in [0.25, 0.3) is 6.35 Å². The normalized spacial score (nSPS) is 17.9. The van der Waals surface area contributed by atoms with E-state index in [0.29, 0.717) is 0 Å². The van der Waals surface area contributed by atoms with Crippen LogP contribution < -0.4 is 0 Å². The molecule has 4 heteroatoms. The molecule has 0 saturated carbocycles. The van der Waals surface area contributed by atoms with Gasteiger partial charge in [-0.1, -0.05) is 51.9 Å². The molecule has 0 spiro atoms. The third-order valence-electron chi connectivity index (χ3n) is 3.67. The van der Waals surface area contributed by atoms with Crippen LogP contribution >= 0.6 is 0 Å². The summed E-state index contributed by atoms with van der Waals surface area (Å²) in [5.74, 6) is -0.230. The molecule has 0 aromatic heterocycles. The van der Waals surface area contributed by atoms with E-state index in [4.69, 9.17) is 4.74 Å². The van der Waals surface area contributed by atoms with E-state index >= 15 is 0 Å². The maximum Gasteiger partial charge on any atom is 0.305 e. The van der Waals surface area contributed by atoms with Gasteiger partial charge in [-0.05, 0) is 6.42 Å². The number of rotatable bonds is 10. The fraction of sp³-hybridized carbons (Fsp3) is 0.812. The van der Waals surface area contributed by atoms with Gasteiger partial charge in [-0.2, -0.15) is 0 Å². The molecule has 0 aliphatic carbocycles. The van der Waals surface area contributed by atoms with Gasteiger partial charge in [0.05, 0.1) is 0 Å². The zero-order valence-corrected chi connectivity index (χ0v) is 13.3. The number of esters is 1. The Labute approximate surface area is 123 Å². The molecule has 1 aliphatic heterocycles. The molecule has 0 radical (unpaired) electrons. The summed E-state index contributed by atoms with van der Waals surface area (Å²) in [6, 6.07) is 0. The molecule has 0 aromatic carbocycles. The summed E-state index contributed by atoms with van der Waals surface area (Å²) in [6.07, 6.45) is 14.2. The maximum absolute atomic E-state index is 11.1. The highest BCUT2D eigenvalue weighted by atomic mass is 16.6. The second-order valence-corrected chi connectivity index (χ2v) is 5.61. The minimum Gasteiger partial charge on any atom is -0.423 e. The van der Waals surface area contributed by atoms with Gasteiger partial charge in [0.1, 0.15) is 0 Å². The molecule has 0 fully saturated rings. The van der Waals surface area contributed by atoms with Crippen LogP contribution in [0.4, 0.5) is 0 Å². The molecular formula is C16H30N2O2. The Kier molecular flexibility index (Phi) is 8.16. The number of hydrogen-bond donors (Lipinski definition) is 0. The minimum absolute atomic E-state index is 0.230. The summed E-state index contributed by atoms with van der Waals surface area (Å²) in [6.45, 7) is 4.66. The third-order valence-corrected chi connectivity index (χ3v) is 3.67. The molecule has 1 heterocycles. The highest BCUT2D eigenvalue weighted by Crippen LogP contribution is 2.17. The lowest BCUT2D eigenvalue weighted by atomic mass is 10.1. The summed E-state index contributed by atoms with van der Waals surface area (Å²) in [4.78, 5) is 15.1. The Bertz CT molecular complexity index is 305. The van der Waals surface area contributed by atoms with E-state index in [-0.39, 0.29) is 12.3 Å². The first-order chi connectivity index (χ1) is 9.65. The van der Waals surface area contributed by atoms with E-state index in [1.165, 1.54) is 51.9 Å². The first-order valence-electron chi connectivity index (χ1n) is 7.98. The lowest BCUT2D eigenvalue weighted by Gasteiger charge is -2.29. The van der Waals surface area contributed by atoms with Crippen LogP contribution in [0, 0.1) is 0 Å². The molecule has 1 rings (SSSR count). The molecule has 0 aromatic rings. The van der Waals surface area contributed by atoms with Gasteiger partial charge >= 0.3 is 5.97 Å². The van der Waals surface area contributed by atoms with Gasteiger partial charge in [0.15, 0.2) is 0 Å². The molecule has 1 aliphatic rings. The van der Waals surface area contributed by atoms with Crippen molar-refractivity contribution in [1.82, 2.24) is 9.80 Å². The average molecular weight is 282 g/mol. The molecule has 1 unspecified atom stereocenters. The summed E-state index contributed by atoms with van der Waals surface area (Å²) in [5, 5.41) is 0. The molecule has 4 nitrogen and oxygen atoms in total. The lowest BCUT2D eigenvalue weighted by Crippen LogP contribution is -2.40. The van der Waals surface area contributed by atoms with Gasteiger partial charge in [-0.15, -0.1) is 0 Å². The first kappa shape index (κ1) is 16.9. The van der Waals surface area contributed by atoms with Crippen molar-refractivity contribution in [2.45, 2.75) is 71.6 Å². The zero-order chi connectivity index (χ0) is 14.8. The molecular weight excluding hydrogens is 252 g/mol. The quantitative estimate of drug-likeness (QED) is 0.452. The lowest BCUT2D eigenvalue weighted by molar-refractivity contribution is -0.164. The topological polar surface area (TPSA) is 32.8 Å². The monoisotopic (exact) mass is 282 g/mol. The summed E-state index contributed by atoms with van der Waals surface area (Å²) < 4.78 is 5.31. The highest BCUT2D eigenvalue weighted by Gasteiger charge is 2.25. The van der Waals surface area contributed by atoms with Crippen molar-refractivity contribution in [2.24, 2.45) is 0 Å². The van der Waals surface area contributed by atoms with Crippen molar-refractivity contribution >= 4 is 5.97 Å². The van der Waals surface area contributed by atoms with Crippen LogP contribution in [0.3, 0.4) is 0 Å². The third kappa shape index (κ3) is 6.31. The van der Waals surface area contributed by atoms with E-state index in [1.54, 1.807) is 0 Å². The van der Waals surface area contributed by atoms with Gasteiger partial charge in [-0.25, -0.2) is 0 Å². The maximum atomic E-state index is 11.1. The Hall–Kier alpha value is -1.19. The fourth-order valence-electron chi connectivity index (χ4n) is 2.48. The van der Waals surface area contributed by atoms with Crippen molar-refractivity contribution in [2.75, 3.05) is 13.6 Å². The van der Waals surface area contributed by atoms with Crippen LogP contribution in [0.15, 0.2) is 12.4 Å². The Balaban J connectivity index is 2.08. The van der Waals surface area contributed by atoms with E-state index in [9.17, 15) is 4.79 Å². The summed E-state index contributed by atoms with van der Waals surface area (Å²) in [7, 11) is 1.93. The van der Waals surface area contributed by atoms with Crippen molar-refractivity contribution < 1.29 is 9.53 Å². The standard InChI is InChI=1S/C16H30N2O2/c1-4-5-6-7-8-9-10-11-12-18-14-13-17(3)16(18)20-15(2)19/h13-14,16H,4-12H2,1-3H3. The number of hydrogen-bond acceptors (Lipinski definition) is 4. The smallest absolute Gasteiger partial charge is 0.305 e. The van der Waals surface area contributed by atoms with Crippen LogP contribution in [0.2, 0.25) is 0 Å². The second-order valence-electron chi connectivity index (χ2n) is 5.61. The molecule has 20 heavy (non-hydrogen) atoms. The number of nitrogens with zero attached hydrogens (tertiary/aromatic N) is 2. The van der Waals surface area contributed by atoms with Gasteiger partial charge < -0.3 is 14.5 Å². The Morgan fingerprint density at radius 2 is 1.65 bits per heavy atom. The van der Waals surface area contributed by atoms with Crippen molar-refractivity contribution in [3.63, 3.8) is 0 Å². The SMILES string of the molecule is CCCCCCCCCCN1C=CN(C)C1OC(C)=O. The van der Waals surface area contributed by atoms with E-state index in [2.05, 4.69) is 11.8 Å². The van der Waals surface area contributed by atoms with Gasteiger partial charge in [0, 0.05) is 32.9 Å². The van der Waals surface area contributed by atoms with Crippen LogP contribution in [-0.4, -0.2) is 35.7 Å². The average Bonchev–Trinajstić information content (AvgIpc) is 2.74. The van der Waals surface area contributed by atoms with E-state index < -0.39 is 0 Å². The van der Waals surface area contributed by atoms with Crippen LogP contribution in [0.1, 0.15) is 65.2 Å². The fourth-order valence-corrected chi connectivity index (χ4v) is 2.48. The molecule has 0 bridgehead atoms. The molecule has 0 N–H and O–H groups in total. The van der Waals surface area contributed by atoms with Crippen molar-refractivity contribution in [3.05, 3.63) is 12.4 Å². The number of carbonyl (C=O) groups excluding carboxylic acids is 1. The molecule has 116 valence electrons. The van der Waals surface area contributed by atoms with Crippen LogP contribution in [0.25, 0.3) is 0 Å². The Morgan fingerprint density at radius 3 is 2.25 bits per heavy atom.